The van der Waals surface area contributed by atoms with Gasteiger partial charge in [-0.2, -0.15) is 0 Å². The van der Waals surface area contributed by atoms with Crippen molar-refractivity contribution < 1.29 is 13.2 Å². The van der Waals surface area contributed by atoms with E-state index in [4.69, 9.17) is 9.88 Å². The van der Waals surface area contributed by atoms with E-state index < -0.39 is 10.0 Å². The van der Waals surface area contributed by atoms with Gasteiger partial charge in [0.15, 0.2) is 0 Å². The molecular formula is C14H15NO3S. The van der Waals surface area contributed by atoms with E-state index in [1.165, 1.54) is 12.1 Å². The van der Waals surface area contributed by atoms with E-state index in [-0.39, 0.29) is 4.90 Å². The second-order valence-electron chi connectivity index (χ2n) is 4.18. The molecule has 0 heterocycles. The molecular weight excluding hydrogens is 262 g/mol. The van der Waals surface area contributed by atoms with Crippen LogP contribution in [0.4, 0.5) is 0 Å². The first-order valence-corrected chi connectivity index (χ1v) is 7.29. The minimum atomic E-state index is -3.63. The van der Waals surface area contributed by atoms with E-state index in [1.54, 1.807) is 19.2 Å². The van der Waals surface area contributed by atoms with Gasteiger partial charge in [-0.3, -0.25) is 0 Å². The highest BCUT2D eigenvalue weighted by Crippen LogP contribution is 2.21. The Morgan fingerprint density at radius 2 is 1.68 bits per heavy atom. The summed E-state index contributed by atoms with van der Waals surface area (Å²) in [5.74, 6) is 0.818. The predicted octanol–water partition coefficient (Wildman–Crippen LogP) is 1.93. The minimum absolute atomic E-state index is 0.122. The highest BCUT2D eigenvalue weighted by molar-refractivity contribution is 7.89. The van der Waals surface area contributed by atoms with E-state index in [9.17, 15) is 8.42 Å². The lowest BCUT2D eigenvalue weighted by Gasteiger charge is -2.08. The molecule has 0 aliphatic carbocycles. The van der Waals surface area contributed by atoms with Crippen LogP contribution in [0.2, 0.25) is 0 Å². The van der Waals surface area contributed by atoms with Crippen molar-refractivity contribution in [1.29, 1.82) is 0 Å². The van der Waals surface area contributed by atoms with Gasteiger partial charge in [0.1, 0.15) is 5.75 Å². The second-order valence-corrected chi connectivity index (χ2v) is 5.74. The molecule has 0 saturated carbocycles. The Morgan fingerprint density at radius 1 is 1.05 bits per heavy atom. The van der Waals surface area contributed by atoms with E-state index in [1.807, 2.05) is 24.3 Å². The maximum Gasteiger partial charge on any atom is 0.238 e. The van der Waals surface area contributed by atoms with Crippen molar-refractivity contribution in [2.45, 2.75) is 11.3 Å². The van der Waals surface area contributed by atoms with Crippen LogP contribution in [0.3, 0.4) is 0 Å². The first-order chi connectivity index (χ1) is 9.00. The molecule has 0 atom stereocenters. The summed E-state index contributed by atoms with van der Waals surface area (Å²) in [6.07, 6.45) is 0.676. The fourth-order valence-corrected chi connectivity index (χ4v) is 2.38. The van der Waals surface area contributed by atoms with Crippen LogP contribution < -0.4 is 9.88 Å². The summed E-state index contributed by atoms with van der Waals surface area (Å²) in [5, 5.41) is 5.06. The lowest BCUT2D eigenvalue weighted by Crippen LogP contribution is -2.11. The van der Waals surface area contributed by atoms with E-state index >= 15 is 0 Å². The monoisotopic (exact) mass is 277 g/mol. The summed E-state index contributed by atoms with van der Waals surface area (Å²) in [5.41, 5.74) is 2.05. The molecule has 0 aliphatic rings. The number of para-hydroxylation sites is 1. The normalized spacial score (nSPS) is 11.3. The number of hydrogen-bond donors (Lipinski definition) is 1. The quantitative estimate of drug-likeness (QED) is 0.928. The van der Waals surface area contributed by atoms with E-state index in [0.29, 0.717) is 6.42 Å². The molecule has 0 unspecified atom stereocenters. The van der Waals surface area contributed by atoms with Crippen molar-refractivity contribution in [1.82, 2.24) is 0 Å². The molecule has 0 radical (unpaired) electrons. The number of sulfonamides is 1. The van der Waals surface area contributed by atoms with Crippen LogP contribution in [0.1, 0.15) is 11.1 Å². The lowest BCUT2D eigenvalue weighted by molar-refractivity contribution is 0.410. The fourth-order valence-electron chi connectivity index (χ4n) is 1.87. The molecule has 0 saturated heterocycles. The van der Waals surface area contributed by atoms with Crippen molar-refractivity contribution in [2.75, 3.05) is 7.11 Å². The van der Waals surface area contributed by atoms with Gasteiger partial charge in [0.25, 0.3) is 0 Å². The summed E-state index contributed by atoms with van der Waals surface area (Å²) in [6, 6.07) is 14.3. The van der Waals surface area contributed by atoms with Gasteiger partial charge >= 0.3 is 0 Å². The van der Waals surface area contributed by atoms with E-state index in [2.05, 4.69) is 0 Å². The zero-order chi connectivity index (χ0) is 13.9. The summed E-state index contributed by atoms with van der Waals surface area (Å²) in [7, 11) is -2.00. The van der Waals surface area contributed by atoms with E-state index in [0.717, 1.165) is 16.9 Å². The first kappa shape index (κ1) is 13.6. The molecule has 2 aromatic carbocycles. The van der Waals surface area contributed by atoms with Gasteiger partial charge in [0.2, 0.25) is 10.0 Å². The standard InChI is InChI=1S/C14H15NO3S/c1-18-14-5-3-2-4-12(14)10-11-6-8-13(9-7-11)19(15,16)17/h2-9H,10H2,1H3,(H2,15,16,17). The van der Waals surface area contributed by atoms with Crippen molar-refractivity contribution in [2.24, 2.45) is 5.14 Å². The molecule has 2 aromatic rings. The molecule has 0 spiro atoms. The van der Waals surface area contributed by atoms with Gasteiger partial charge in [-0.1, -0.05) is 30.3 Å². The molecule has 2 N–H and O–H groups in total. The third kappa shape index (κ3) is 3.33. The second kappa shape index (κ2) is 5.42. The maximum atomic E-state index is 11.2. The third-order valence-corrected chi connectivity index (χ3v) is 3.77. The average molecular weight is 277 g/mol. The van der Waals surface area contributed by atoms with Crippen LogP contribution >= 0.6 is 0 Å². The van der Waals surface area contributed by atoms with Crippen LogP contribution in [-0.2, 0) is 16.4 Å². The lowest BCUT2D eigenvalue weighted by atomic mass is 10.0. The highest BCUT2D eigenvalue weighted by atomic mass is 32.2. The number of ether oxygens (including phenoxy) is 1. The molecule has 0 aromatic heterocycles. The maximum absolute atomic E-state index is 11.2. The van der Waals surface area contributed by atoms with Crippen LogP contribution in [-0.4, -0.2) is 15.5 Å². The van der Waals surface area contributed by atoms with Gasteiger partial charge in [-0.05, 0) is 29.3 Å². The highest BCUT2D eigenvalue weighted by Gasteiger charge is 2.08. The van der Waals surface area contributed by atoms with Crippen LogP contribution in [0, 0.1) is 0 Å². The zero-order valence-corrected chi connectivity index (χ0v) is 11.4. The summed E-state index contributed by atoms with van der Waals surface area (Å²) in [6.45, 7) is 0. The molecule has 5 heteroatoms. The third-order valence-electron chi connectivity index (χ3n) is 2.84. The van der Waals surface area contributed by atoms with Crippen LogP contribution in [0.5, 0.6) is 5.75 Å². The Morgan fingerprint density at radius 3 is 2.26 bits per heavy atom. The number of methoxy groups -OCH3 is 1. The van der Waals surface area contributed by atoms with Crippen molar-refractivity contribution >= 4 is 10.0 Å². The number of primary sulfonamides is 1. The summed E-state index contributed by atoms with van der Waals surface area (Å²) < 4.78 is 27.6. The minimum Gasteiger partial charge on any atom is -0.496 e. The molecule has 0 bridgehead atoms. The fraction of sp³-hybridized carbons (Fsp3) is 0.143. The van der Waals surface area contributed by atoms with Gasteiger partial charge in [0.05, 0.1) is 12.0 Å². The summed E-state index contributed by atoms with van der Waals surface area (Å²) in [4.78, 5) is 0.122. The Hall–Kier alpha value is -1.85. The smallest absolute Gasteiger partial charge is 0.238 e. The van der Waals surface area contributed by atoms with Gasteiger partial charge < -0.3 is 4.74 Å². The Kier molecular flexibility index (Phi) is 3.87. The van der Waals surface area contributed by atoms with Gasteiger partial charge in [-0.25, -0.2) is 13.6 Å². The summed E-state index contributed by atoms with van der Waals surface area (Å²) >= 11 is 0. The Balaban J connectivity index is 2.25. The Labute approximate surface area is 112 Å². The van der Waals surface area contributed by atoms with Crippen LogP contribution in [0.25, 0.3) is 0 Å². The molecule has 0 aliphatic heterocycles. The average Bonchev–Trinajstić information content (AvgIpc) is 2.39. The van der Waals surface area contributed by atoms with Crippen molar-refractivity contribution in [3.05, 3.63) is 59.7 Å². The number of benzene rings is 2. The SMILES string of the molecule is COc1ccccc1Cc1ccc(S(N)(=O)=O)cc1. The van der Waals surface area contributed by atoms with Crippen molar-refractivity contribution in [3.8, 4) is 5.75 Å². The number of hydrogen-bond acceptors (Lipinski definition) is 3. The number of rotatable bonds is 4. The van der Waals surface area contributed by atoms with Crippen molar-refractivity contribution in [3.63, 3.8) is 0 Å². The molecule has 2 rings (SSSR count). The van der Waals surface area contributed by atoms with Crippen LogP contribution in [0.15, 0.2) is 53.4 Å². The molecule has 19 heavy (non-hydrogen) atoms. The zero-order valence-electron chi connectivity index (χ0n) is 10.5. The van der Waals surface area contributed by atoms with Gasteiger partial charge in [-0.15, -0.1) is 0 Å². The Bertz CT molecular complexity index is 663. The topological polar surface area (TPSA) is 69.4 Å². The number of nitrogens with two attached hydrogens (primary N) is 1. The largest absolute Gasteiger partial charge is 0.496 e. The molecule has 4 nitrogen and oxygen atoms in total. The molecule has 100 valence electrons. The molecule has 0 amide bonds. The predicted molar refractivity (Wildman–Crippen MR) is 73.6 cm³/mol. The first-order valence-electron chi connectivity index (χ1n) is 5.74. The van der Waals surface area contributed by atoms with Gasteiger partial charge in [0, 0.05) is 6.42 Å². The molecule has 0 fully saturated rings.